The number of hydrogen-bond acceptors (Lipinski definition) is 6. The van der Waals surface area contributed by atoms with Crippen LogP contribution in [0.2, 0.25) is 0 Å². The molecule has 1 aromatic carbocycles. The quantitative estimate of drug-likeness (QED) is 0.319. The lowest BCUT2D eigenvalue weighted by molar-refractivity contribution is -0.140. The number of carbonyl (C=O) groups is 2. The van der Waals surface area contributed by atoms with Crippen molar-refractivity contribution in [1.29, 1.82) is 0 Å². The topological polar surface area (TPSA) is 116 Å². The number of aromatic nitrogens is 4. The molecule has 0 saturated carbocycles. The van der Waals surface area contributed by atoms with E-state index in [9.17, 15) is 27.2 Å². The summed E-state index contributed by atoms with van der Waals surface area (Å²) in [4.78, 5) is 32.8. The van der Waals surface area contributed by atoms with Gasteiger partial charge >= 0.3 is 6.18 Å². The Balaban J connectivity index is 1.78. The van der Waals surface area contributed by atoms with Gasteiger partial charge < -0.3 is 11.1 Å². The van der Waals surface area contributed by atoms with Crippen LogP contribution in [-0.2, 0) is 12.7 Å². The molecular weight excluding hydrogens is 488 g/mol. The summed E-state index contributed by atoms with van der Waals surface area (Å²) in [5.74, 6) is -0.345. The fraction of sp³-hybridized carbons (Fsp3) is 0.136. The van der Waals surface area contributed by atoms with Gasteiger partial charge in [-0.25, -0.2) is 14.4 Å². The number of fused-ring (bicyclic) bond motifs is 1. The number of anilines is 1. The number of hydrogen-bond donors (Lipinski definition) is 2. The number of primary amides is 1. The predicted octanol–water partition coefficient (Wildman–Crippen LogP) is 3.73. The van der Waals surface area contributed by atoms with Gasteiger partial charge in [0, 0.05) is 16.8 Å². The number of pyridine rings is 1. The normalized spacial score (nSPS) is 11.4. The fourth-order valence-corrected chi connectivity index (χ4v) is 3.96. The highest BCUT2D eigenvalue weighted by atomic mass is 32.1. The largest absolute Gasteiger partial charge is 0.437 e. The highest BCUT2D eigenvalue weighted by Crippen LogP contribution is 2.36. The van der Waals surface area contributed by atoms with Gasteiger partial charge in [0.1, 0.15) is 11.5 Å². The third kappa shape index (κ3) is 4.69. The van der Waals surface area contributed by atoms with Gasteiger partial charge in [-0.15, -0.1) is 17.8 Å². The molecule has 0 radical (unpaired) electrons. The summed E-state index contributed by atoms with van der Waals surface area (Å²) < 4.78 is 56.1. The van der Waals surface area contributed by atoms with E-state index in [1.54, 1.807) is 5.38 Å². The minimum absolute atomic E-state index is 0.000429. The molecule has 35 heavy (non-hydrogen) atoms. The number of nitrogens with one attached hydrogen (secondary N) is 1. The third-order valence-electron chi connectivity index (χ3n) is 4.97. The Hall–Kier alpha value is -4.31. The van der Waals surface area contributed by atoms with Gasteiger partial charge in [-0.3, -0.25) is 14.3 Å². The number of benzene rings is 1. The first-order chi connectivity index (χ1) is 16.5. The zero-order valence-electron chi connectivity index (χ0n) is 17.8. The van der Waals surface area contributed by atoms with Crippen LogP contribution in [0.1, 0.15) is 42.9 Å². The Kier molecular flexibility index (Phi) is 5.99. The first-order valence-electron chi connectivity index (χ1n) is 9.75. The van der Waals surface area contributed by atoms with Gasteiger partial charge in [-0.2, -0.15) is 18.3 Å². The molecule has 0 aliphatic carbocycles. The average Bonchev–Trinajstić information content (AvgIpc) is 3.37. The molecule has 4 rings (SSSR count). The molecule has 8 nitrogen and oxygen atoms in total. The van der Waals surface area contributed by atoms with E-state index in [4.69, 9.17) is 12.2 Å². The summed E-state index contributed by atoms with van der Waals surface area (Å²) in [6.45, 7) is 1.23. The number of halogens is 4. The highest BCUT2D eigenvalue weighted by Gasteiger charge is 2.39. The standard InChI is InChI=1S/C22H14F4N6O2S/c1-3-17-28-12(9-35-17)8-32-10(2)18(19(31-32)22(24,25)26)30-21(34)14-7-16(20(27)33)29-15-6-11(23)4-5-13(14)15/h1,4-7,9H,8H2,2H3,(H2,27,33)(H,30,34). The van der Waals surface area contributed by atoms with Crippen LogP contribution in [0.5, 0.6) is 0 Å². The lowest BCUT2D eigenvalue weighted by atomic mass is 10.1. The predicted molar refractivity (Wildman–Crippen MR) is 119 cm³/mol. The summed E-state index contributed by atoms with van der Waals surface area (Å²) in [6.07, 6.45) is 0.388. The van der Waals surface area contributed by atoms with Crippen LogP contribution < -0.4 is 11.1 Å². The van der Waals surface area contributed by atoms with E-state index in [0.29, 0.717) is 10.7 Å². The molecule has 178 valence electrons. The molecule has 3 heterocycles. The van der Waals surface area contributed by atoms with Crippen LogP contribution in [0.4, 0.5) is 23.2 Å². The first-order valence-corrected chi connectivity index (χ1v) is 10.6. The minimum Gasteiger partial charge on any atom is -0.364 e. The van der Waals surface area contributed by atoms with Gasteiger partial charge in [-0.05, 0) is 31.0 Å². The zero-order chi connectivity index (χ0) is 25.5. The maximum Gasteiger partial charge on any atom is 0.437 e. The Bertz CT molecular complexity index is 1530. The Morgan fingerprint density at radius 1 is 1.26 bits per heavy atom. The second-order valence-electron chi connectivity index (χ2n) is 7.29. The molecule has 0 bridgehead atoms. The lowest BCUT2D eigenvalue weighted by Crippen LogP contribution is -2.19. The van der Waals surface area contributed by atoms with Crippen LogP contribution in [0.3, 0.4) is 0 Å². The van der Waals surface area contributed by atoms with Crippen molar-refractivity contribution < 1.29 is 27.2 Å². The molecule has 0 atom stereocenters. The third-order valence-corrected chi connectivity index (χ3v) is 5.79. The van der Waals surface area contributed by atoms with Gasteiger partial charge in [0.15, 0.2) is 10.7 Å². The van der Waals surface area contributed by atoms with Gasteiger partial charge in [-0.1, -0.05) is 0 Å². The van der Waals surface area contributed by atoms with E-state index in [2.05, 4.69) is 26.3 Å². The van der Waals surface area contributed by atoms with Crippen molar-refractivity contribution in [2.24, 2.45) is 5.73 Å². The molecule has 3 aromatic heterocycles. The number of alkyl halides is 3. The molecule has 0 spiro atoms. The van der Waals surface area contributed by atoms with Crippen molar-refractivity contribution in [3.63, 3.8) is 0 Å². The van der Waals surface area contributed by atoms with Crippen molar-refractivity contribution in [2.45, 2.75) is 19.6 Å². The number of nitrogens with two attached hydrogens (primary N) is 1. The van der Waals surface area contributed by atoms with E-state index in [1.165, 1.54) is 13.0 Å². The first kappa shape index (κ1) is 23.8. The van der Waals surface area contributed by atoms with Gasteiger partial charge in [0.2, 0.25) is 0 Å². The molecule has 13 heteroatoms. The minimum atomic E-state index is -4.90. The van der Waals surface area contributed by atoms with Crippen LogP contribution in [0.15, 0.2) is 29.6 Å². The van der Waals surface area contributed by atoms with Crippen LogP contribution in [0.25, 0.3) is 10.9 Å². The van der Waals surface area contributed by atoms with E-state index in [-0.39, 0.29) is 34.4 Å². The Morgan fingerprint density at radius 3 is 2.63 bits per heavy atom. The Morgan fingerprint density at radius 2 is 2.00 bits per heavy atom. The van der Waals surface area contributed by atoms with E-state index in [0.717, 1.165) is 34.2 Å². The molecule has 0 aliphatic heterocycles. The van der Waals surface area contributed by atoms with Crippen molar-refractivity contribution in [2.75, 3.05) is 5.32 Å². The Labute approximate surface area is 198 Å². The second-order valence-corrected chi connectivity index (χ2v) is 8.15. The van der Waals surface area contributed by atoms with Crippen molar-refractivity contribution in [1.82, 2.24) is 19.7 Å². The van der Waals surface area contributed by atoms with E-state index >= 15 is 0 Å². The number of terminal acetylenes is 1. The molecule has 0 fully saturated rings. The summed E-state index contributed by atoms with van der Waals surface area (Å²) in [5, 5.41) is 7.93. The zero-order valence-corrected chi connectivity index (χ0v) is 18.6. The van der Waals surface area contributed by atoms with Crippen LogP contribution in [-0.4, -0.2) is 31.6 Å². The van der Waals surface area contributed by atoms with Gasteiger partial charge in [0.05, 0.1) is 34.7 Å². The molecule has 3 N–H and O–H groups in total. The molecule has 0 unspecified atom stereocenters. The van der Waals surface area contributed by atoms with Crippen LogP contribution >= 0.6 is 11.3 Å². The van der Waals surface area contributed by atoms with Crippen molar-refractivity contribution in [3.8, 4) is 12.3 Å². The number of amides is 2. The van der Waals surface area contributed by atoms with E-state index < -0.39 is 35.2 Å². The number of nitrogens with zero attached hydrogens (tertiary/aromatic N) is 4. The summed E-state index contributed by atoms with van der Waals surface area (Å²) in [5.41, 5.74) is 3.10. The molecule has 0 saturated heterocycles. The monoisotopic (exact) mass is 502 g/mol. The maximum atomic E-state index is 13.8. The highest BCUT2D eigenvalue weighted by molar-refractivity contribution is 7.10. The van der Waals surface area contributed by atoms with Crippen molar-refractivity contribution in [3.05, 3.63) is 68.8 Å². The smallest absolute Gasteiger partial charge is 0.364 e. The van der Waals surface area contributed by atoms with E-state index in [1.807, 2.05) is 0 Å². The summed E-state index contributed by atoms with van der Waals surface area (Å²) in [7, 11) is 0. The maximum absolute atomic E-state index is 13.8. The summed E-state index contributed by atoms with van der Waals surface area (Å²) >= 11 is 1.15. The van der Waals surface area contributed by atoms with Gasteiger partial charge in [0.25, 0.3) is 11.8 Å². The lowest BCUT2D eigenvalue weighted by Gasteiger charge is -2.11. The second kappa shape index (κ2) is 8.80. The molecular formula is C22H14F4N6O2S. The summed E-state index contributed by atoms with van der Waals surface area (Å²) in [6, 6.07) is 4.28. The van der Waals surface area contributed by atoms with Crippen LogP contribution in [0, 0.1) is 25.1 Å². The fourth-order valence-electron chi connectivity index (χ4n) is 3.34. The molecule has 2 amide bonds. The number of rotatable bonds is 5. The molecule has 4 aromatic rings. The number of carbonyl (C=O) groups excluding carboxylic acids is 2. The van der Waals surface area contributed by atoms with Crippen molar-refractivity contribution >= 4 is 39.7 Å². The molecule has 0 aliphatic rings. The average molecular weight is 502 g/mol. The SMILES string of the molecule is C#Cc1nc(Cn2nc(C(F)(F)F)c(NC(=O)c3cc(C(N)=O)nc4cc(F)ccc34)c2C)cs1. The number of thiazole rings is 1.